The topological polar surface area (TPSA) is 22.2 Å². The summed E-state index contributed by atoms with van der Waals surface area (Å²) in [6, 6.07) is 32.6. The van der Waals surface area contributed by atoms with Gasteiger partial charge in [-0.25, -0.2) is 0 Å². The number of anilines is 4. The van der Waals surface area contributed by atoms with E-state index in [1.165, 1.54) is 27.3 Å². The number of ether oxygens (including phenoxy) is 1. The molecule has 2 aliphatic heterocycles. The molecular weight excluding hydrogens is 585 g/mol. The molecule has 5 nitrogen and oxygen atoms in total. The highest BCUT2D eigenvalue weighted by atomic mass is 28.3. The van der Waals surface area contributed by atoms with Crippen molar-refractivity contribution in [2.45, 2.75) is 58.7 Å². The fraction of sp³-hybridized carbons (Fsp3) is 0.316. The highest BCUT2D eigenvalue weighted by Crippen LogP contribution is 2.43. The van der Waals surface area contributed by atoms with Crippen LogP contribution in [0.2, 0.25) is 39.3 Å². The van der Waals surface area contributed by atoms with Crippen LogP contribution in [0, 0.1) is 0 Å². The zero-order chi connectivity index (χ0) is 32.1. The first-order valence-electron chi connectivity index (χ1n) is 16.1. The van der Waals surface area contributed by atoms with Crippen molar-refractivity contribution in [1.82, 2.24) is 4.90 Å². The number of nitrogens with zero attached hydrogens (tertiary/aromatic N) is 4. The Balaban J connectivity index is 1.24. The number of rotatable bonds is 7. The standard InChI is InChI=1S/C38H48N4OSi2/c1-38(2)33-19-10-11-20-34(33)42(27-39(38)3)30-16-13-18-32(26-30)43-31-17-12-15-29(25-31)40-23-24-41(28-40)37-35(44(4,5)6)21-14-22-36(37)45(7,8)9/h10-26H,27-28H2,1-9H3. The Morgan fingerprint density at radius 3 is 1.82 bits per heavy atom. The Morgan fingerprint density at radius 1 is 0.622 bits per heavy atom. The summed E-state index contributed by atoms with van der Waals surface area (Å²) in [4.78, 5) is 9.56. The molecule has 0 radical (unpaired) electrons. The molecule has 7 heteroatoms. The van der Waals surface area contributed by atoms with Crippen molar-refractivity contribution in [2.24, 2.45) is 0 Å². The van der Waals surface area contributed by atoms with Gasteiger partial charge in [-0.1, -0.05) is 87.8 Å². The summed E-state index contributed by atoms with van der Waals surface area (Å²) in [7, 11) is -0.918. The molecule has 0 saturated carbocycles. The first kappa shape index (κ1) is 31.2. The van der Waals surface area contributed by atoms with Crippen LogP contribution in [-0.4, -0.2) is 41.4 Å². The molecule has 4 aromatic carbocycles. The summed E-state index contributed by atoms with van der Waals surface area (Å²) < 4.78 is 6.51. The first-order valence-corrected chi connectivity index (χ1v) is 23.1. The van der Waals surface area contributed by atoms with Crippen molar-refractivity contribution in [2.75, 3.05) is 35.1 Å². The summed E-state index contributed by atoms with van der Waals surface area (Å²) in [5.74, 6) is 1.66. The molecule has 0 amide bonds. The van der Waals surface area contributed by atoms with E-state index >= 15 is 0 Å². The van der Waals surface area contributed by atoms with E-state index in [1.54, 1.807) is 0 Å². The molecule has 0 unspecified atom stereocenters. The lowest BCUT2D eigenvalue weighted by Crippen LogP contribution is -2.50. The molecule has 45 heavy (non-hydrogen) atoms. The third-order valence-corrected chi connectivity index (χ3v) is 13.4. The van der Waals surface area contributed by atoms with Crippen LogP contribution in [-0.2, 0) is 5.54 Å². The lowest BCUT2D eigenvalue weighted by atomic mass is 9.88. The van der Waals surface area contributed by atoms with E-state index in [9.17, 15) is 0 Å². The van der Waals surface area contributed by atoms with E-state index in [-0.39, 0.29) is 5.54 Å². The van der Waals surface area contributed by atoms with E-state index in [2.05, 4.69) is 171 Å². The van der Waals surface area contributed by atoms with Crippen molar-refractivity contribution in [3.05, 3.63) is 109 Å². The smallest absolute Gasteiger partial charge is 0.129 e. The number of para-hydroxylation sites is 2. The second-order valence-corrected chi connectivity index (χ2v) is 25.1. The Bertz CT molecular complexity index is 1700. The fourth-order valence-electron chi connectivity index (χ4n) is 6.49. The summed E-state index contributed by atoms with van der Waals surface area (Å²) >= 11 is 0. The van der Waals surface area contributed by atoms with Crippen molar-refractivity contribution in [3.8, 4) is 11.5 Å². The molecule has 0 saturated heterocycles. The van der Waals surface area contributed by atoms with Crippen LogP contribution in [0.1, 0.15) is 19.4 Å². The van der Waals surface area contributed by atoms with Crippen LogP contribution in [0.25, 0.3) is 0 Å². The summed E-state index contributed by atoms with van der Waals surface area (Å²) in [6.45, 7) is 20.9. The van der Waals surface area contributed by atoms with Crippen LogP contribution in [0.15, 0.2) is 103 Å². The van der Waals surface area contributed by atoms with E-state index < -0.39 is 16.1 Å². The molecule has 4 aromatic rings. The summed E-state index contributed by atoms with van der Waals surface area (Å²) in [6.07, 6.45) is 4.47. The average Bonchev–Trinajstić information content (AvgIpc) is 3.49. The van der Waals surface area contributed by atoms with Crippen LogP contribution in [0.4, 0.5) is 22.7 Å². The maximum atomic E-state index is 6.51. The van der Waals surface area contributed by atoms with Crippen LogP contribution in [0.3, 0.4) is 0 Å². The number of fused-ring (bicyclic) bond motifs is 1. The molecule has 0 N–H and O–H groups in total. The zero-order valence-electron chi connectivity index (χ0n) is 28.4. The second-order valence-electron chi connectivity index (χ2n) is 15.0. The van der Waals surface area contributed by atoms with E-state index in [0.29, 0.717) is 0 Å². The minimum Gasteiger partial charge on any atom is -0.457 e. The third-order valence-electron chi connectivity index (χ3n) is 9.35. The van der Waals surface area contributed by atoms with Gasteiger partial charge in [0.2, 0.25) is 0 Å². The molecular formula is C38H48N4OSi2. The Morgan fingerprint density at radius 2 is 1.18 bits per heavy atom. The Labute approximate surface area is 272 Å². The molecule has 2 aliphatic rings. The van der Waals surface area contributed by atoms with Crippen molar-refractivity contribution in [1.29, 1.82) is 0 Å². The summed E-state index contributed by atoms with van der Waals surface area (Å²) in [5.41, 5.74) is 6.22. The van der Waals surface area contributed by atoms with E-state index in [1.807, 2.05) is 12.1 Å². The average molecular weight is 633 g/mol. The zero-order valence-corrected chi connectivity index (χ0v) is 30.4. The van der Waals surface area contributed by atoms with E-state index in [0.717, 1.165) is 36.2 Å². The van der Waals surface area contributed by atoms with E-state index in [4.69, 9.17) is 4.74 Å². The van der Waals surface area contributed by atoms with Gasteiger partial charge < -0.3 is 19.4 Å². The predicted octanol–water partition coefficient (Wildman–Crippen LogP) is 8.60. The van der Waals surface area contributed by atoms with Gasteiger partial charge in [0.25, 0.3) is 0 Å². The number of benzene rings is 4. The normalized spacial score (nSPS) is 16.7. The molecule has 6 rings (SSSR count). The second kappa shape index (κ2) is 11.5. The van der Waals surface area contributed by atoms with Gasteiger partial charge in [-0.05, 0) is 67.2 Å². The molecule has 234 valence electrons. The van der Waals surface area contributed by atoms with Crippen molar-refractivity contribution in [3.63, 3.8) is 0 Å². The first-order chi connectivity index (χ1) is 21.2. The molecule has 2 heterocycles. The highest BCUT2D eigenvalue weighted by Gasteiger charge is 2.36. The van der Waals surface area contributed by atoms with Gasteiger partial charge >= 0.3 is 0 Å². The predicted molar refractivity (Wildman–Crippen MR) is 199 cm³/mol. The van der Waals surface area contributed by atoms with Crippen LogP contribution < -0.4 is 29.8 Å². The van der Waals surface area contributed by atoms with Gasteiger partial charge in [-0.2, -0.15) is 0 Å². The lowest BCUT2D eigenvalue weighted by Gasteiger charge is -2.47. The maximum Gasteiger partial charge on any atom is 0.129 e. The largest absolute Gasteiger partial charge is 0.457 e. The molecule has 0 aliphatic carbocycles. The van der Waals surface area contributed by atoms with Gasteiger partial charge in [0.15, 0.2) is 0 Å². The van der Waals surface area contributed by atoms with Crippen LogP contribution in [0.5, 0.6) is 11.5 Å². The van der Waals surface area contributed by atoms with Gasteiger partial charge in [-0.15, -0.1) is 0 Å². The minimum atomic E-state index is -1.56. The quantitative estimate of drug-likeness (QED) is 0.190. The number of hydrogen-bond acceptors (Lipinski definition) is 5. The fourth-order valence-corrected chi connectivity index (χ4v) is 9.78. The third kappa shape index (κ3) is 6.09. The molecule has 0 aromatic heterocycles. The minimum absolute atomic E-state index is 0.0335. The van der Waals surface area contributed by atoms with Gasteiger partial charge in [0.1, 0.15) is 11.5 Å². The summed E-state index contributed by atoms with van der Waals surface area (Å²) in [5, 5.41) is 3.08. The maximum absolute atomic E-state index is 6.51. The van der Waals surface area contributed by atoms with Gasteiger partial charge in [-0.3, -0.25) is 4.90 Å². The van der Waals surface area contributed by atoms with Crippen molar-refractivity contribution < 1.29 is 4.74 Å². The molecule has 0 spiro atoms. The molecule has 0 atom stereocenters. The highest BCUT2D eigenvalue weighted by molar-refractivity contribution is 6.93. The SMILES string of the molecule is CN1CN(c2cccc(Oc3cccc(N4C=CN(c5c([Si](C)(C)C)cccc5[Si](C)(C)C)C4)c3)c2)c2ccccc2C1(C)C. The number of hydrogen-bond donors (Lipinski definition) is 0. The van der Waals surface area contributed by atoms with Gasteiger partial charge in [0, 0.05) is 52.8 Å². The molecule has 0 bridgehead atoms. The monoisotopic (exact) mass is 632 g/mol. The Hall–Kier alpha value is -3.79. The molecule has 0 fully saturated rings. The Kier molecular flexibility index (Phi) is 8.00. The van der Waals surface area contributed by atoms with Crippen LogP contribution >= 0.6 is 0 Å². The van der Waals surface area contributed by atoms with Crippen molar-refractivity contribution >= 4 is 49.3 Å². The van der Waals surface area contributed by atoms with Gasteiger partial charge in [0.05, 0.1) is 29.5 Å². The lowest BCUT2D eigenvalue weighted by molar-refractivity contribution is 0.150.